The van der Waals surface area contributed by atoms with E-state index in [0.29, 0.717) is 12.1 Å². The normalized spacial score (nSPS) is 10.3. The fourth-order valence-corrected chi connectivity index (χ4v) is 1.66. The Morgan fingerprint density at radius 2 is 2.32 bits per heavy atom. The van der Waals surface area contributed by atoms with Gasteiger partial charge in [-0.3, -0.25) is 0 Å². The zero-order chi connectivity index (χ0) is 13.8. The summed E-state index contributed by atoms with van der Waals surface area (Å²) in [6, 6.07) is 4.03. The number of benzene rings is 1. The van der Waals surface area contributed by atoms with Crippen molar-refractivity contribution in [3.05, 3.63) is 47.3 Å². The molecule has 2 N–H and O–H groups in total. The van der Waals surface area contributed by atoms with Gasteiger partial charge in [0.25, 0.3) is 0 Å². The molecule has 0 aliphatic heterocycles. The smallest absolute Gasteiger partial charge is 0.337 e. The quantitative estimate of drug-likeness (QED) is 0.830. The Kier molecular flexibility index (Phi) is 3.79. The van der Waals surface area contributed by atoms with Gasteiger partial charge in [-0.05, 0) is 25.1 Å². The summed E-state index contributed by atoms with van der Waals surface area (Å²) in [6.45, 7) is 2.23. The molecule has 1 heterocycles. The molecule has 1 aromatic carbocycles. The van der Waals surface area contributed by atoms with Gasteiger partial charge < -0.3 is 15.0 Å². The third-order valence-corrected chi connectivity index (χ3v) is 2.61. The number of aromatic amines is 1. The van der Waals surface area contributed by atoms with Crippen LogP contribution in [0.4, 0.5) is 10.1 Å². The van der Waals surface area contributed by atoms with E-state index < -0.39 is 11.8 Å². The topological polar surface area (TPSA) is 67.0 Å². The van der Waals surface area contributed by atoms with Crippen LogP contribution in [-0.2, 0) is 11.3 Å². The van der Waals surface area contributed by atoms with Gasteiger partial charge in [0.2, 0.25) is 0 Å². The zero-order valence-electron chi connectivity index (χ0n) is 10.7. The van der Waals surface area contributed by atoms with Gasteiger partial charge in [0, 0.05) is 0 Å². The second-order valence-electron chi connectivity index (χ2n) is 4.03. The lowest BCUT2D eigenvalue weighted by atomic mass is 10.2. The van der Waals surface area contributed by atoms with E-state index in [4.69, 9.17) is 0 Å². The highest BCUT2D eigenvalue weighted by Gasteiger charge is 2.09. The van der Waals surface area contributed by atoms with Gasteiger partial charge in [-0.25, -0.2) is 14.2 Å². The van der Waals surface area contributed by atoms with E-state index in [2.05, 4.69) is 20.0 Å². The van der Waals surface area contributed by atoms with Crippen LogP contribution in [0.25, 0.3) is 0 Å². The molecule has 0 atom stereocenters. The summed E-state index contributed by atoms with van der Waals surface area (Å²) in [5, 5.41) is 2.91. The molecular weight excluding hydrogens is 249 g/mol. The van der Waals surface area contributed by atoms with E-state index in [1.165, 1.54) is 25.3 Å². The number of hydrogen-bond acceptors (Lipinski definition) is 4. The van der Waals surface area contributed by atoms with Gasteiger partial charge in [0.1, 0.15) is 11.6 Å². The molecule has 0 aliphatic carbocycles. The van der Waals surface area contributed by atoms with Crippen molar-refractivity contribution in [3.63, 3.8) is 0 Å². The molecule has 0 unspecified atom stereocenters. The lowest BCUT2D eigenvalue weighted by Crippen LogP contribution is -2.06. The maximum absolute atomic E-state index is 13.6. The summed E-state index contributed by atoms with van der Waals surface area (Å²) in [7, 11) is 1.28. The Morgan fingerprint density at radius 3 is 2.95 bits per heavy atom. The molecule has 2 rings (SSSR count). The number of rotatable bonds is 4. The molecule has 100 valence electrons. The van der Waals surface area contributed by atoms with Crippen molar-refractivity contribution >= 4 is 11.7 Å². The number of aromatic nitrogens is 2. The molecule has 6 heteroatoms. The Hall–Kier alpha value is -2.37. The average molecular weight is 263 g/mol. The van der Waals surface area contributed by atoms with Gasteiger partial charge in [-0.15, -0.1) is 0 Å². The first-order valence-corrected chi connectivity index (χ1v) is 5.72. The number of imidazole rings is 1. The van der Waals surface area contributed by atoms with E-state index in [1.807, 2.05) is 6.92 Å². The number of nitrogens with one attached hydrogen (secondary N) is 2. The largest absolute Gasteiger partial charge is 0.465 e. The number of carbonyl (C=O) groups is 1. The summed E-state index contributed by atoms with van der Waals surface area (Å²) < 4.78 is 18.2. The highest BCUT2D eigenvalue weighted by molar-refractivity contribution is 5.90. The number of carbonyl (C=O) groups excluding carboxylic acids is 1. The molecule has 0 radical (unpaired) electrons. The van der Waals surface area contributed by atoms with Crippen LogP contribution in [0.1, 0.15) is 21.9 Å². The number of esters is 1. The summed E-state index contributed by atoms with van der Waals surface area (Å²) in [5.74, 6) is -0.134. The highest BCUT2D eigenvalue weighted by Crippen LogP contribution is 2.17. The summed E-state index contributed by atoms with van der Waals surface area (Å²) in [5.41, 5.74) is 1.38. The van der Waals surface area contributed by atoms with Crippen molar-refractivity contribution in [1.29, 1.82) is 0 Å². The second kappa shape index (κ2) is 5.51. The van der Waals surface area contributed by atoms with E-state index in [9.17, 15) is 9.18 Å². The van der Waals surface area contributed by atoms with Gasteiger partial charge in [-0.2, -0.15) is 0 Å². The first-order valence-electron chi connectivity index (χ1n) is 5.72. The first kappa shape index (κ1) is 13.1. The van der Waals surface area contributed by atoms with Gasteiger partial charge in [-0.1, -0.05) is 0 Å². The van der Waals surface area contributed by atoms with Crippen LogP contribution < -0.4 is 5.32 Å². The highest BCUT2D eigenvalue weighted by atomic mass is 19.1. The molecule has 0 bridgehead atoms. The zero-order valence-corrected chi connectivity index (χ0v) is 10.7. The number of hydrogen-bond donors (Lipinski definition) is 2. The van der Waals surface area contributed by atoms with E-state index >= 15 is 0 Å². The standard InChI is InChI=1S/C13H14FN3O2/c1-8-15-6-10(17-8)7-16-12-5-9(13(18)19-2)3-4-11(12)14/h3-6,16H,7H2,1-2H3,(H,15,17). The monoisotopic (exact) mass is 263 g/mol. The summed E-state index contributed by atoms with van der Waals surface area (Å²) in [6.07, 6.45) is 1.67. The molecule has 19 heavy (non-hydrogen) atoms. The predicted molar refractivity (Wildman–Crippen MR) is 68.4 cm³/mol. The predicted octanol–water partition coefficient (Wildman–Crippen LogP) is 2.26. The van der Waals surface area contributed by atoms with Crippen LogP contribution in [0, 0.1) is 12.7 Å². The van der Waals surface area contributed by atoms with Crippen molar-refractivity contribution in [3.8, 4) is 0 Å². The molecule has 0 spiro atoms. The van der Waals surface area contributed by atoms with Crippen molar-refractivity contribution < 1.29 is 13.9 Å². The summed E-state index contributed by atoms with van der Waals surface area (Å²) >= 11 is 0. The van der Waals surface area contributed by atoms with Crippen LogP contribution in [0.15, 0.2) is 24.4 Å². The molecule has 0 amide bonds. The SMILES string of the molecule is COC(=O)c1ccc(F)c(NCc2cnc(C)[nH]2)c1. The average Bonchev–Trinajstić information content (AvgIpc) is 2.82. The fraction of sp³-hybridized carbons (Fsp3) is 0.231. The van der Waals surface area contributed by atoms with Gasteiger partial charge in [0.15, 0.2) is 0 Å². The Bertz CT molecular complexity index is 595. The maximum Gasteiger partial charge on any atom is 0.337 e. The number of ether oxygens (including phenoxy) is 1. The number of methoxy groups -OCH3 is 1. The maximum atomic E-state index is 13.6. The fourth-order valence-electron chi connectivity index (χ4n) is 1.66. The van der Waals surface area contributed by atoms with Crippen LogP contribution in [0.3, 0.4) is 0 Å². The third kappa shape index (κ3) is 3.09. The van der Waals surface area contributed by atoms with Crippen molar-refractivity contribution in [2.45, 2.75) is 13.5 Å². The minimum absolute atomic E-state index is 0.246. The molecule has 0 aliphatic rings. The van der Waals surface area contributed by atoms with E-state index in [0.717, 1.165) is 11.5 Å². The van der Waals surface area contributed by atoms with Crippen LogP contribution >= 0.6 is 0 Å². The van der Waals surface area contributed by atoms with Crippen LogP contribution in [0.2, 0.25) is 0 Å². The first-order chi connectivity index (χ1) is 9.10. The van der Waals surface area contributed by atoms with Crippen molar-refractivity contribution in [1.82, 2.24) is 9.97 Å². The Morgan fingerprint density at radius 1 is 1.53 bits per heavy atom. The summed E-state index contributed by atoms with van der Waals surface area (Å²) in [4.78, 5) is 18.4. The second-order valence-corrected chi connectivity index (χ2v) is 4.03. The van der Waals surface area contributed by atoms with Crippen LogP contribution in [-0.4, -0.2) is 23.0 Å². The molecule has 2 aromatic rings. The molecule has 0 fully saturated rings. The number of H-pyrrole nitrogens is 1. The number of aryl methyl sites for hydroxylation is 1. The van der Waals surface area contributed by atoms with Crippen LogP contribution in [0.5, 0.6) is 0 Å². The van der Waals surface area contributed by atoms with Crippen molar-refractivity contribution in [2.75, 3.05) is 12.4 Å². The lowest BCUT2D eigenvalue weighted by Gasteiger charge is -2.08. The molecular formula is C13H14FN3O2. The number of anilines is 1. The Balaban J connectivity index is 2.12. The lowest BCUT2D eigenvalue weighted by molar-refractivity contribution is 0.0600. The van der Waals surface area contributed by atoms with Crippen molar-refractivity contribution in [2.24, 2.45) is 0 Å². The van der Waals surface area contributed by atoms with E-state index in [1.54, 1.807) is 6.20 Å². The third-order valence-electron chi connectivity index (χ3n) is 2.61. The number of nitrogens with zero attached hydrogens (tertiary/aromatic N) is 1. The minimum atomic E-state index is -0.500. The molecule has 5 nitrogen and oxygen atoms in total. The van der Waals surface area contributed by atoms with Gasteiger partial charge in [0.05, 0.1) is 36.8 Å². The Labute approximate surface area is 109 Å². The molecule has 0 saturated heterocycles. The number of halogens is 1. The van der Waals surface area contributed by atoms with Gasteiger partial charge >= 0.3 is 5.97 Å². The van der Waals surface area contributed by atoms with E-state index in [-0.39, 0.29) is 5.69 Å². The molecule has 0 saturated carbocycles. The molecule has 1 aromatic heterocycles. The minimum Gasteiger partial charge on any atom is -0.465 e.